The summed E-state index contributed by atoms with van der Waals surface area (Å²) in [6.45, 7) is 7.95. The molecule has 4 heteroatoms. The first-order valence-electron chi connectivity index (χ1n) is 6.81. The van der Waals surface area contributed by atoms with Crippen LogP contribution in [0.15, 0.2) is 0 Å². The summed E-state index contributed by atoms with van der Waals surface area (Å²) in [5.41, 5.74) is 0. The molecule has 0 radical (unpaired) electrons. The molecule has 4 atom stereocenters. The summed E-state index contributed by atoms with van der Waals surface area (Å²) in [5.74, 6) is 0.732. The first-order chi connectivity index (χ1) is 8.15. The van der Waals surface area contributed by atoms with Crippen molar-refractivity contribution in [2.45, 2.75) is 58.3 Å². The predicted octanol–water partition coefficient (Wildman–Crippen LogP) is 1.36. The van der Waals surface area contributed by atoms with E-state index in [4.69, 9.17) is 4.74 Å². The van der Waals surface area contributed by atoms with Crippen LogP contribution in [0.1, 0.15) is 40.0 Å². The number of hydrogen-bond acceptors (Lipinski definition) is 3. The van der Waals surface area contributed by atoms with Gasteiger partial charge in [-0.2, -0.15) is 0 Å². The van der Waals surface area contributed by atoms with E-state index < -0.39 is 0 Å². The van der Waals surface area contributed by atoms with E-state index in [0.29, 0.717) is 12.0 Å². The summed E-state index contributed by atoms with van der Waals surface area (Å²) in [6.07, 6.45) is 3.13. The highest BCUT2D eigenvalue weighted by molar-refractivity contribution is 5.84. The van der Waals surface area contributed by atoms with Gasteiger partial charge < -0.3 is 9.64 Å². The van der Waals surface area contributed by atoms with Gasteiger partial charge in [0.1, 0.15) is 0 Å². The third kappa shape index (κ3) is 2.47. The van der Waals surface area contributed by atoms with E-state index in [-0.39, 0.29) is 18.1 Å². The van der Waals surface area contributed by atoms with Gasteiger partial charge in [0.25, 0.3) is 0 Å². The molecule has 0 aromatic rings. The van der Waals surface area contributed by atoms with Crippen molar-refractivity contribution in [3.05, 3.63) is 0 Å². The zero-order valence-electron chi connectivity index (χ0n) is 11.1. The monoisotopic (exact) mass is 240 g/mol. The Kier molecular flexibility index (Phi) is 4.05. The highest BCUT2D eigenvalue weighted by Gasteiger charge is 2.42. The van der Waals surface area contributed by atoms with Gasteiger partial charge in [-0.3, -0.25) is 10.1 Å². The molecule has 0 spiro atoms. The number of rotatable bonds is 3. The van der Waals surface area contributed by atoms with Crippen molar-refractivity contribution >= 4 is 5.91 Å². The topological polar surface area (TPSA) is 41.6 Å². The lowest BCUT2D eigenvalue weighted by Gasteiger charge is -2.38. The molecule has 2 fully saturated rings. The molecule has 4 unspecified atom stereocenters. The summed E-state index contributed by atoms with van der Waals surface area (Å²) in [7, 11) is 0. The quantitative estimate of drug-likeness (QED) is 0.810. The van der Waals surface area contributed by atoms with E-state index >= 15 is 0 Å². The fourth-order valence-electron chi connectivity index (χ4n) is 3.04. The van der Waals surface area contributed by atoms with Crippen LogP contribution in [-0.2, 0) is 9.53 Å². The second-order valence-electron chi connectivity index (χ2n) is 5.34. The van der Waals surface area contributed by atoms with Crippen molar-refractivity contribution in [2.75, 3.05) is 13.2 Å². The number of ether oxygens (including phenoxy) is 1. The molecule has 2 heterocycles. The number of carbonyl (C=O) groups excluding carboxylic acids is 1. The van der Waals surface area contributed by atoms with Crippen LogP contribution in [0.3, 0.4) is 0 Å². The van der Waals surface area contributed by atoms with E-state index in [1.165, 1.54) is 0 Å². The highest BCUT2D eigenvalue weighted by atomic mass is 16.5. The molecule has 2 aliphatic heterocycles. The molecular formula is C13H24N2O2. The second-order valence-corrected chi connectivity index (χ2v) is 5.34. The lowest BCUT2D eigenvalue weighted by atomic mass is 9.95. The van der Waals surface area contributed by atoms with Crippen LogP contribution >= 0.6 is 0 Å². The third-order valence-corrected chi connectivity index (χ3v) is 3.94. The van der Waals surface area contributed by atoms with Gasteiger partial charge >= 0.3 is 0 Å². The van der Waals surface area contributed by atoms with Gasteiger partial charge in [-0.15, -0.1) is 0 Å². The average molecular weight is 240 g/mol. The lowest BCUT2D eigenvalue weighted by molar-refractivity contribution is -0.136. The molecule has 2 aliphatic rings. The summed E-state index contributed by atoms with van der Waals surface area (Å²) < 4.78 is 5.46. The van der Waals surface area contributed by atoms with E-state index in [9.17, 15) is 4.79 Å². The summed E-state index contributed by atoms with van der Waals surface area (Å²) in [4.78, 5) is 14.4. The Balaban J connectivity index is 2.06. The predicted molar refractivity (Wildman–Crippen MR) is 66.5 cm³/mol. The number of carbonyl (C=O) groups is 1. The molecule has 2 rings (SSSR count). The average Bonchev–Trinajstić information content (AvgIpc) is 2.57. The Labute approximate surface area is 104 Å². The smallest absolute Gasteiger partial charge is 0.241 e. The first-order valence-corrected chi connectivity index (χ1v) is 6.81. The van der Waals surface area contributed by atoms with Gasteiger partial charge in [-0.1, -0.05) is 20.3 Å². The first kappa shape index (κ1) is 12.8. The van der Waals surface area contributed by atoms with Crippen molar-refractivity contribution in [1.29, 1.82) is 0 Å². The lowest BCUT2D eigenvalue weighted by Crippen LogP contribution is -2.49. The van der Waals surface area contributed by atoms with E-state index in [0.717, 1.165) is 32.5 Å². The highest BCUT2D eigenvalue weighted by Crippen LogP contribution is 2.26. The molecule has 17 heavy (non-hydrogen) atoms. The fourth-order valence-corrected chi connectivity index (χ4v) is 3.04. The van der Waals surface area contributed by atoms with Crippen molar-refractivity contribution < 1.29 is 9.53 Å². The Morgan fingerprint density at radius 3 is 2.88 bits per heavy atom. The second kappa shape index (κ2) is 5.36. The summed E-state index contributed by atoms with van der Waals surface area (Å²) in [5, 5.41) is 3.41. The largest absolute Gasteiger partial charge is 0.381 e. The summed E-state index contributed by atoms with van der Waals surface area (Å²) >= 11 is 0. The van der Waals surface area contributed by atoms with Gasteiger partial charge in [0, 0.05) is 18.6 Å². The molecule has 1 N–H and O–H groups in total. The maximum atomic E-state index is 12.4. The Morgan fingerprint density at radius 1 is 1.47 bits per heavy atom. The minimum atomic E-state index is 0.0324. The maximum absolute atomic E-state index is 12.4. The number of amides is 1. The SMILES string of the molecule is CCCC1NC(C)N(C2CCOCC2C)C1=O. The van der Waals surface area contributed by atoms with Gasteiger partial charge in [-0.25, -0.2) is 0 Å². The van der Waals surface area contributed by atoms with Crippen molar-refractivity contribution in [1.82, 2.24) is 10.2 Å². The Hall–Kier alpha value is -0.610. The van der Waals surface area contributed by atoms with Crippen LogP contribution in [-0.4, -0.2) is 42.3 Å². The molecule has 0 aromatic carbocycles. The molecule has 2 saturated heterocycles. The minimum Gasteiger partial charge on any atom is -0.381 e. The van der Waals surface area contributed by atoms with Gasteiger partial charge in [0.05, 0.1) is 18.8 Å². The van der Waals surface area contributed by atoms with Crippen molar-refractivity contribution in [2.24, 2.45) is 5.92 Å². The Morgan fingerprint density at radius 2 is 2.24 bits per heavy atom. The van der Waals surface area contributed by atoms with Crippen LogP contribution in [0.25, 0.3) is 0 Å². The Bertz CT molecular complexity index is 283. The molecular weight excluding hydrogens is 216 g/mol. The number of hydrogen-bond donors (Lipinski definition) is 1. The normalized spacial score (nSPS) is 38.8. The molecule has 0 saturated carbocycles. The third-order valence-electron chi connectivity index (χ3n) is 3.94. The fraction of sp³-hybridized carbons (Fsp3) is 0.923. The maximum Gasteiger partial charge on any atom is 0.241 e. The molecule has 1 amide bonds. The number of nitrogens with zero attached hydrogens (tertiary/aromatic N) is 1. The molecule has 0 bridgehead atoms. The van der Waals surface area contributed by atoms with Crippen LogP contribution in [0.2, 0.25) is 0 Å². The van der Waals surface area contributed by atoms with Crippen molar-refractivity contribution in [3.63, 3.8) is 0 Å². The van der Waals surface area contributed by atoms with E-state index in [2.05, 4.69) is 31.0 Å². The minimum absolute atomic E-state index is 0.0324. The van der Waals surface area contributed by atoms with Crippen LogP contribution in [0, 0.1) is 5.92 Å². The van der Waals surface area contributed by atoms with Crippen LogP contribution < -0.4 is 5.32 Å². The van der Waals surface area contributed by atoms with E-state index in [1.807, 2.05) is 0 Å². The van der Waals surface area contributed by atoms with Gasteiger partial charge in [-0.05, 0) is 19.8 Å². The van der Waals surface area contributed by atoms with Gasteiger partial charge in [0.15, 0.2) is 0 Å². The van der Waals surface area contributed by atoms with Crippen LogP contribution in [0.4, 0.5) is 0 Å². The summed E-state index contributed by atoms with van der Waals surface area (Å²) in [6, 6.07) is 0.380. The molecule has 0 aromatic heterocycles. The molecule has 0 aliphatic carbocycles. The zero-order valence-corrected chi connectivity index (χ0v) is 11.1. The molecule has 98 valence electrons. The van der Waals surface area contributed by atoms with Gasteiger partial charge in [0.2, 0.25) is 5.91 Å². The number of nitrogens with one attached hydrogen (secondary N) is 1. The zero-order chi connectivity index (χ0) is 12.4. The molecule has 4 nitrogen and oxygen atoms in total. The van der Waals surface area contributed by atoms with E-state index in [1.54, 1.807) is 0 Å². The van der Waals surface area contributed by atoms with Crippen LogP contribution in [0.5, 0.6) is 0 Å². The standard InChI is InChI=1S/C13H24N2O2/c1-4-5-11-13(16)15(10(3)14-11)12-6-7-17-8-9(12)2/h9-12,14H,4-8H2,1-3H3. The van der Waals surface area contributed by atoms with Crippen molar-refractivity contribution in [3.8, 4) is 0 Å².